The Bertz CT molecular complexity index is 199. The number of nitrogens with zero attached hydrogens (tertiary/aromatic N) is 1. The molecule has 0 saturated carbocycles. The summed E-state index contributed by atoms with van der Waals surface area (Å²) >= 11 is 0. The van der Waals surface area contributed by atoms with E-state index in [1.807, 2.05) is 0 Å². The van der Waals surface area contributed by atoms with E-state index in [4.69, 9.17) is 10.6 Å². The first-order chi connectivity index (χ1) is 8.21. The zero-order chi connectivity index (χ0) is 12.7. The number of hydrogen-bond donors (Lipinski definition) is 2. The molecule has 17 heavy (non-hydrogen) atoms. The summed E-state index contributed by atoms with van der Waals surface area (Å²) in [5, 5.41) is 0. The molecule has 3 atom stereocenters. The fourth-order valence-corrected chi connectivity index (χ4v) is 2.42. The molecule has 0 spiro atoms. The molecular formula is C13H29N3O. The van der Waals surface area contributed by atoms with Crippen LogP contribution in [0.1, 0.15) is 40.0 Å². The van der Waals surface area contributed by atoms with Gasteiger partial charge in [0.2, 0.25) is 0 Å². The van der Waals surface area contributed by atoms with E-state index in [2.05, 4.69) is 31.1 Å². The van der Waals surface area contributed by atoms with Gasteiger partial charge in [0, 0.05) is 19.1 Å². The van der Waals surface area contributed by atoms with Crippen LogP contribution in [-0.2, 0) is 4.74 Å². The van der Waals surface area contributed by atoms with Gasteiger partial charge < -0.3 is 4.74 Å². The van der Waals surface area contributed by atoms with Crippen molar-refractivity contribution in [3.05, 3.63) is 0 Å². The number of nitrogens with one attached hydrogen (secondary N) is 1. The first-order valence-electron chi connectivity index (χ1n) is 7.01. The van der Waals surface area contributed by atoms with Gasteiger partial charge in [-0.25, -0.2) is 0 Å². The quantitative estimate of drug-likeness (QED) is 0.524. The van der Waals surface area contributed by atoms with E-state index in [9.17, 15) is 0 Å². The second-order valence-electron chi connectivity index (χ2n) is 5.23. The molecule has 0 amide bonds. The zero-order valence-corrected chi connectivity index (χ0v) is 11.6. The van der Waals surface area contributed by atoms with Crippen LogP contribution in [0.2, 0.25) is 0 Å². The summed E-state index contributed by atoms with van der Waals surface area (Å²) in [7, 11) is 0. The monoisotopic (exact) mass is 243 g/mol. The highest BCUT2D eigenvalue weighted by atomic mass is 16.5. The summed E-state index contributed by atoms with van der Waals surface area (Å²) < 4.78 is 5.87. The summed E-state index contributed by atoms with van der Waals surface area (Å²) in [6.45, 7) is 10.8. The van der Waals surface area contributed by atoms with Crippen molar-refractivity contribution in [3.63, 3.8) is 0 Å². The molecule has 1 fully saturated rings. The molecule has 1 aliphatic heterocycles. The van der Waals surface area contributed by atoms with Gasteiger partial charge in [0.1, 0.15) is 0 Å². The van der Waals surface area contributed by atoms with Crippen LogP contribution < -0.4 is 11.3 Å². The van der Waals surface area contributed by atoms with Crippen LogP contribution in [0.3, 0.4) is 0 Å². The van der Waals surface area contributed by atoms with Crippen molar-refractivity contribution in [2.24, 2.45) is 11.8 Å². The summed E-state index contributed by atoms with van der Waals surface area (Å²) in [5.41, 5.74) is 2.95. The van der Waals surface area contributed by atoms with Crippen molar-refractivity contribution >= 4 is 0 Å². The maximum atomic E-state index is 5.87. The van der Waals surface area contributed by atoms with Crippen LogP contribution in [0.5, 0.6) is 0 Å². The van der Waals surface area contributed by atoms with E-state index >= 15 is 0 Å². The Hall–Kier alpha value is -0.160. The van der Waals surface area contributed by atoms with Crippen molar-refractivity contribution in [3.8, 4) is 0 Å². The normalized spacial score (nSPS) is 25.8. The standard InChI is InChI=1S/C13H29N3O/c1-4-6-16-7-8-17-13(10-16)12(15-14)9-11(3)5-2/h11-13,15H,4-10,14H2,1-3H3. The van der Waals surface area contributed by atoms with Crippen LogP contribution in [0, 0.1) is 5.92 Å². The van der Waals surface area contributed by atoms with Gasteiger partial charge in [-0.3, -0.25) is 16.2 Å². The molecule has 1 heterocycles. The van der Waals surface area contributed by atoms with E-state index in [-0.39, 0.29) is 12.1 Å². The summed E-state index contributed by atoms with van der Waals surface area (Å²) in [6, 6.07) is 0.282. The van der Waals surface area contributed by atoms with Gasteiger partial charge in [-0.2, -0.15) is 0 Å². The molecule has 1 saturated heterocycles. The highest BCUT2D eigenvalue weighted by molar-refractivity contribution is 4.82. The van der Waals surface area contributed by atoms with Crippen molar-refractivity contribution in [2.75, 3.05) is 26.2 Å². The molecule has 0 aliphatic carbocycles. The van der Waals surface area contributed by atoms with Gasteiger partial charge in [0.25, 0.3) is 0 Å². The lowest BCUT2D eigenvalue weighted by atomic mass is 9.95. The van der Waals surface area contributed by atoms with Crippen molar-refractivity contribution in [2.45, 2.75) is 52.2 Å². The maximum absolute atomic E-state index is 5.87. The molecule has 1 rings (SSSR count). The van der Waals surface area contributed by atoms with Gasteiger partial charge in [0.05, 0.1) is 12.7 Å². The molecule has 4 nitrogen and oxygen atoms in total. The topological polar surface area (TPSA) is 50.5 Å². The Labute approximate surface area is 106 Å². The lowest BCUT2D eigenvalue weighted by Gasteiger charge is -2.37. The Morgan fingerprint density at radius 3 is 2.82 bits per heavy atom. The summed E-state index contributed by atoms with van der Waals surface area (Å²) in [5.74, 6) is 6.37. The van der Waals surface area contributed by atoms with Crippen LogP contribution in [0.4, 0.5) is 0 Å². The summed E-state index contributed by atoms with van der Waals surface area (Å²) in [6.07, 6.45) is 3.74. The van der Waals surface area contributed by atoms with E-state index in [1.165, 1.54) is 19.4 Å². The molecule has 3 unspecified atom stereocenters. The molecule has 102 valence electrons. The van der Waals surface area contributed by atoms with Crippen molar-refractivity contribution in [1.82, 2.24) is 10.3 Å². The molecule has 3 N–H and O–H groups in total. The number of ether oxygens (including phenoxy) is 1. The Morgan fingerprint density at radius 2 is 2.24 bits per heavy atom. The van der Waals surface area contributed by atoms with Gasteiger partial charge in [-0.15, -0.1) is 0 Å². The minimum atomic E-state index is 0.245. The molecule has 0 radical (unpaired) electrons. The average molecular weight is 243 g/mol. The van der Waals surface area contributed by atoms with Crippen molar-refractivity contribution in [1.29, 1.82) is 0 Å². The van der Waals surface area contributed by atoms with Gasteiger partial charge in [0.15, 0.2) is 0 Å². The summed E-state index contributed by atoms with van der Waals surface area (Å²) in [4.78, 5) is 2.48. The molecule has 1 aliphatic rings. The molecule has 0 bridgehead atoms. The number of nitrogens with two attached hydrogens (primary N) is 1. The van der Waals surface area contributed by atoms with Gasteiger partial charge >= 0.3 is 0 Å². The largest absolute Gasteiger partial charge is 0.374 e. The third kappa shape index (κ3) is 4.92. The molecule has 0 aromatic heterocycles. The first-order valence-corrected chi connectivity index (χ1v) is 7.01. The Balaban J connectivity index is 2.44. The van der Waals surface area contributed by atoms with Crippen molar-refractivity contribution < 1.29 is 4.74 Å². The van der Waals surface area contributed by atoms with Crippen LogP contribution >= 0.6 is 0 Å². The van der Waals surface area contributed by atoms with Crippen LogP contribution in [0.15, 0.2) is 0 Å². The predicted molar refractivity (Wildman–Crippen MR) is 71.7 cm³/mol. The second kappa shape index (κ2) is 8.03. The number of rotatable bonds is 7. The second-order valence-corrected chi connectivity index (χ2v) is 5.23. The fraction of sp³-hybridized carbons (Fsp3) is 1.00. The first kappa shape index (κ1) is 14.9. The van der Waals surface area contributed by atoms with E-state index in [0.717, 1.165) is 26.1 Å². The van der Waals surface area contributed by atoms with Crippen LogP contribution in [-0.4, -0.2) is 43.3 Å². The molecule has 0 aromatic rings. The predicted octanol–water partition coefficient (Wildman–Crippen LogP) is 1.37. The minimum absolute atomic E-state index is 0.245. The van der Waals surface area contributed by atoms with Gasteiger partial charge in [-0.1, -0.05) is 27.2 Å². The smallest absolute Gasteiger partial charge is 0.0868 e. The van der Waals surface area contributed by atoms with Crippen LogP contribution in [0.25, 0.3) is 0 Å². The lowest BCUT2D eigenvalue weighted by molar-refractivity contribution is -0.0497. The number of morpholine rings is 1. The number of hydrazine groups is 1. The SMILES string of the molecule is CCCN1CCOC(C(CC(C)CC)NN)C1. The Morgan fingerprint density at radius 1 is 1.47 bits per heavy atom. The third-order valence-electron chi connectivity index (χ3n) is 3.73. The molecular weight excluding hydrogens is 214 g/mol. The highest BCUT2D eigenvalue weighted by Gasteiger charge is 2.27. The average Bonchev–Trinajstić information content (AvgIpc) is 2.36. The van der Waals surface area contributed by atoms with Gasteiger partial charge in [-0.05, 0) is 25.3 Å². The van der Waals surface area contributed by atoms with E-state index in [1.54, 1.807) is 0 Å². The Kier molecular flexibility index (Phi) is 7.04. The highest BCUT2D eigenvalue weighted by Crippen LogP contribution is 2.17. The molecule has 0 aromatic carbocycles. The zero-order valence-electron chi connectivity index (χ0n) is 11.6. The number of hydrogen-bond acceptors (Lipinski definition) is 4. The third-order valence-corrected chi connectivity index (χ3v) is 3.73. The lowest BCUT2D eigenvalue weighted by Crippen LogP contribution is -2.54. The fourth-order valence-electron chi connectivity index (χ4n) is 2.42. The minimum Gasteiger partial charge on any atom is -0.374 e. The maximum Gasteiger partial charge on any atom is 0.0868 e. The van der Waals surface area contributed by atoms with E-state index in [0.29, 0.717) is 5.92 Å². The van der Waals surface area contributed by atoms with E-state index < -0.39 is 0 Å². The molecule has 4 heteroatoms.